The second kappa shape index (κ2) is 5.79. The Morgan fingerprint density at radius 3 is 2.25 bits per heavy atom. The number of carboxylic acid groups (broad SMARTS) is 1. The monoisotopic (exact) mass is 273 g/mol. The van der Waals surface area contributed by atoms with Crippen molar-refractivity contribution in [2.75, 3.05) is 0 Å². The van der Waals surface area contributed by atoms with Gasteiger partial charge < -0.3 is 10.4 Å². The maximum atomic E-state index is 12.0. The molecule has 1 atom stereocenters. The largest absolute Gasteiger partial charge is 0.481 e. The number of hydrogen-bond donors (Lipinski definition) is 2. The molecule has 1 aromatic rings. The van der Waals surface area contributed by atoms with Gasteiger partial charge in [0.05, 0.1) is 11.0 Å². The molecule has 1 unspecified atom stereocenters. The van der Waals surface area contributed by atoms with Gasteiger partial charge in [0.15, 0.2) is 0 Å². The lowest BCUT2D eigenvalue weighted by molar-refractivity contribution is -0.145. The SMILES string of the molecule is C#CC(C)(C)NC(=O)CC(C)(C(=O)O)c1ccccc1. The minimum Gasteiger partial charge on any atom is -0.481 e. The first-order valence-electron chi connectivity index (χ1n) is 6.29. The van der Waals surface area contributed by atoms with Gasteiger partial charge >= 0.3 is 5.97 Å². The van der Waals surface area contributed by atoms with E-state index in [0.717, 1.165) is 0 Å². The van der Waals surface area contributed by atoms with Crippen LogP contribution < -0.4 is 5.32 Å². The Kier molecular flexibility index (Phi) is 4.57. The van der Waals surface area contributed by atoms with Gasteiger partial charge in [0.2, 0.25) is 5.91 Å². The number of carbonyl (C=O) groups excluding carboxylic acids is 1. The Balaban J connectivity index is 2.98. The van der Waals surface area contributed by atoms with Crippen LogP contribution in [0.1, 0.15) is 32.8 Å². The minimum absolute atomic E-state index is 0.169. The van der Waals surface area contributed by atoms with E-state index >= 15 is 0 Å². The zero-order valence-electron chi connectivity index (χ0n) is 11.9. The highest BCUT2D eigenvalue weighted by Crippen LogP contribution is 2.28. The second-order valence-electron chi connectivity index (χ2n) is 5.50. The van der Waals surface area contributed by atoms with Crippen LogP contribution in [0.2, 0.25) is 0 Å². The normalized spacial score (nSPS) is 13.9. The molecule has 20 heavy (non-hydrogen) atoms. The molecular weight excluding hydrogens is 254 g/mol. The summed E-state index contributed by atoms with van der Waals surface area (Å²) >= 11 is 0. The number of aliphatic carboxylic acids is 1. The summed E-state index contributed by atoms with van der Waals surface area (Å²) in [5.74, 6) is 1.02. The lowest BCUT2D eigenvalue weighted by Gasteiger charge is -2.27. The molecule has 0 bridgehead atoms. The third-order valence-corrected chi connectivity index (χ3v) is 3.21. The number of amides is 1. The molecular formula is C16H19NO3. The van der Waals surface area contributed by atoms with Crippen LogP contribution >= 0.6 is 0 Å². The van der Waals surface area contributed by atoms with Crippen molar-refractivity contribution in [3.05, 3.63) is 35.9 Å². The molecule has 4 nitrogen and oxygen atoms in total. The fraction of sp³-hybridized carbons (Fsp3) is 0.375. The van der Waals surface area contributed by atoms with E-state index in [2.05, 4.69) is 11.2 Å². The molecule has 0 aliphatic carbocycles. The third kappa shape index (κ3) is 3.61. The Hall–Kier alpha value is -2.28. The average molecular weight is 273 g/mol. The molecule has 0 heterocycles. The van der Waals surface area contributed by atoms with Crippen LogP contribution in [0.15, 0.2) is 30.3 Å². The highest BCUT2D eigenvalue weighted by Gasteiger charge is 2.38. The van der Waals surface area contributed by atoms with E-state index in [1.165, 1.54) is 6.92 Å². The predicted molar refractivity (Wildman–Crippen MR) is 77.1 cm³/mol. The number of terminal acetylenes is 1. The van der Waals surface area contributed by atoms with Crippen LogP contribution in [0.25, 0.3) is 0 Å². The number of benzene rings is 1. The lowest BCUT2D eigenvalue weighted by Crippen LogP contribution is -2.46. The van der Waals surface area contributed by atoms with Crippen LogP contribution in [0.3, 0.4) is 0 Å². The van der Waals surface area contributed by atoms with E-state index in [4.69, 9.17) is 6.42 Å². The van der Waals surface area contributed by atoms with Gasteiger partial charge in [-0.3, -0.25) is 9.59 Å². The van der Waals surface area contributed by atoms with Crippen LogP contribution in [0.5, 0.6) is 0 Å². The van der Waals surface area contributed by atoms with Crippen molar-refractivity contribution in [2.24, 2.45) is 0 Å². The quantitative estimate of drug-likeness (QED) is 0.806. The van der Waals surface area contributed by atoms with Crippen molar-refractivity contribution in [3.63, 3.8) is 0 Å². The van der Waals surface area contributed by atoms with Crippen LogP contribution in [0, 0.1) is 12.3 Å². The predicted octanol–water partition coefficient (Wildman–Crippen LogP) is 1.95. The standard InChI is InChI=1S/C16H19NO3/c1-5-15(2,3)17-13(18)11-16(4,14(19)20)12-9-7-6-8-10-12/h1,6-10H,11H2,2-4H3,(H,17,18)(H,19,20). The summed E-state index contributed by atoms with van der Waals surface area (Å²) in [6, 6.07) is 8.70. The fourth-order valence-corrected chi connectivity index (χ4v) is 1.86. The molecule has 0 saturated heterocycles. The van der Waals surface area contributed by atoms with Crippen molar-refractivity contribution in [3.8, 4) is 12.3 Å². The van der Waals surface area contributed by atoms with E-state index in [-0.39, 0.29) is 12.3 Å². The van der Waals surface area contributed by atoms with Crippen molar-refractivity contribution in [2.45, 2.75) is 38.1 Å². The maximum absolute atomic E-state index is 12.0. The summed E-state index contributed by atoms with van der Waals surface area (Å²) in [5, 5.41) is 12.1. The molecule has 4 heteroatoms. The first kappa shape index (κ1) is 15.8. The average Bonchev–Trinajstić information content (AvgIpc) is 2.38. The van der Waals surface area contributed by atoms with Crippen LogP contribution in [0.4, 0.5) is 0 Å². The van der Waals surface area contributed by atoms with Gasteiger partial charge in [-0.2, -0.15) is 0 Å². The summed E-state index contributed by atoms with van der Waals surface area (Å²) < 4.78 is 0. The van der Waals surface area contributed by atoms with Gasteiger partial charge in [0.25, 0.3) is 0 Å². The summed E-state index contributed by atoms with van der Waals surface area (Å²) in [6.07, 6.45) is 5.14. The molecule has 2 N–H and O–H groups in total. The van der Waals surface area contributed by atoms with Gasteiger partial charge in [-0.15, -0.1) is 6.42 Å². The molecule has 0 aromatic heterocycles. The highest BCUT2D eigenvalue weighted by molar-refractivity contribution is 5.89. The Bertz CT molecular complexity index is 543. The molecule has 1 aromatic carbocycles. The minimum atomic E-state index is -1.28. The van der Waals surface area contributed by atoms with E-state index in [0.29, 0.717) is 5.56 Å². The summed E-state index contributed by atoms with van der Waals surface area (Å²) in [5.41, 5.74) is -1.50. The molecule has 106 valence electrons. The molecule has 0 fully saturated rings. The van der Waals surface area contributed by atoms with Crippen LogP contribution in [-0.4, -0.2) is 22.5 Å². The molecule has 1 amide bonds. The van der Waals surface area contributed by atoms with Crippen molar-refractivity contribution >= 4 is 11.9 Å². The molecule has 1 rings (SSSR count). The highest BCUT2D eigenvalue weighted by atomic mass is 16.4. The Morgan fingerprint density at radius 2 is 1.80 bits per heavy atom. The number of rotatable bonds is 5. The maximum Gasteiger partial charge on any atom is 0.314 e. The third-order valence-electron chi connectivity index (χ3n) is 3.21. The molecule has 0 aliphatic heterocycles. The summed E-state index contributed by atoms with van der Waals surface area (Å²) in [6.45, 7) is 4.91. The molecule has 0 saturated carbocycles. The fourth-order valence-electron chi connectivity index (χ4n) is 1.86. The molecule has 0 radical (unpaired) electrons. The van der Waals surface area contributed by atoms with Crippen molar-refractivity contribution in [1.82, 2.24) is 5.32 Å². The zero-order valence-corrected chi connectivity index (χ0v) is 11.9. The lowest BCUT2D eigenvalue weighted by atomic mass is 9.79. The van der Waals surface area contributed by atoms with E-state index in [9.17, 15) is 14.7 Å². The van der Waals surface area contributed by atoms with Gasteiger partial charge in [-0.05, 0) is 26.3 Å². The summed E-state index contributed by atoms with van der Waals surface area (Å²) in [4.78, 5) is 23.6. The first-order chi connectivity index (χ1) is 9.21. The Morgan fingerprint density at radius 1 is 1.25 bits per heavy atom. The zero-order chi connectivity index (χ0) is 15.4. The van der Waals surface area contributed by atoms with Gasteiger partial charge in [0, 0.05) is 6.42 Å². The van der Waals surface area contributed by atoms with Gasteiger partial charge in [0.1, 0.15) is 0 Å². The smallest absolute Gasteiger partial charge is 0.314 e. The van der Waals surface area contributed by atoms with E-state index in [1.807, 2.05) is 0 Å². The number of carboxylic acids is 1. The number of carbonyl (C=O) groups is 2. The number of nitrogens with one attached hydrogen (secondary N) is 1. The van der Waals surface area contributed by atoms with Crippen molar-refractivity contribution in [1.29, 1.82) is 0 Å². The van der Waals surface area contributed by atoms with E-state index < -0.39 is 16.9 Å². The summed E-state index contributed by atoms with van der Waals surface area (Å²) in [7, 11) is 0. The first-order valence-corrected chi connectivity index (χ1v) is 6.29. The van der Waals surface area contributed by atoms with Gasteiger partial charge in [-0.1, -0.05) is 36.3 Å². The second-order valence-corrected chi connectivity index (χ2v) is 5.50. The van der Waals surface area contributed by atoms with Crippen LogP contribution in [-0.2, 0) is 15.0 Å². The topological polar surface area (TPSA) is 66.4 Å². The van der Waals surface area contributed by atoms with Crippen molar-refractivity contribution < 1.29 is 14.7 Å². The van der Waals surface area contributed by atoms with Gasteiger partial charge in [-0.25, -0.2) is 0 Å². The molecule has 0 aliphatic rings. The van der Waals surface area contributed by atoms with E-state index in [1.54, 1.807) is 44.2 Å². The molecule has 0 spiro atoms. The number of hydrogen-bond acceptors (Lipinski definition) is 2. The Labute approximate surface area is 119 Å².